The van der Waals surface area contributed by atoms with E-state index in [2.05, 4.69) is 5.32 Å². The second-order valence-electron chi connectivity index (χ2n) is 4.91. The summed E-state index contributed by atoms with van der Waals surface area (Å²) in [5, 5.41) is 20.4. The summed E-state index contributed by atoms with van der Waals surface area (Å²) in [5.41, 5.74) is 0. The van der Waals surface area contributed by atoms with Crippen molar-refractivity contribution in [2.24, 2.45) is 17.8 Å². The summed E-state index contributed by atoms with van der Waals surface area (Å²) in [6, 6.07) is 0. The Balaban J connectivity index is 2.27. The zero-order chi connectivity index (χ0) is 12.8. The molecular weight excluding hydrogens is 222 g/mol. The molecule has 0 heterocycles. The van der Waals surface area contributed by atoms with Crippen LogP contribution in [0.2, 0.25) is 0 Å². The summed E-state index contributed by atoms with van der Waals surface area (Å²) >= 11 is 0. The molecule has 0 saturated heterocycles. The van der Waals surface area contributed by atoms with Crippen LogP contribution in [-0.4, -0.2) is 35.2 Å². The maximum absolute atomic E-state index is 11.8. The van der Waals surface area contributed by atoms with E-state index in [1.807, 2.05) is 6.92 Å². The Morgan fingerprint density at radius 1 is 1.35 bits per heavy atom. The van der Waals surface area contributed by atoms with Crippen LogP contribution in [0.5, 0.6) is 0 Å². The SMILES string of the molecule is CC(CCO)CNC(=O)[C@@H]1CC[C@H](C(=O)O)C1. The van der Waals surface area contributed by atoms with E-state index in [1.54, 1.807) is 0 Å². The van der Waals surface area contributed by atoms with Crippen molar-refractivity contribution in [2.75, 3.05) is 13.2 Å². The van der Waals surface area contributed by atoms with E-state index in [1.165, 1.54) is 0 Å². The first-order valence-electron chi connectivity index (χ1n) is 6.16. The van der Waals surface area contributed by atoms with Crippen molar-refractivity contribution >= 4 is 11.9 Å². The number of aliphatic carboxylic acids is 1. The molecule has 5 heteroatoms. The maximum Gasteiger partial charge on any atom is 0.306 e. The summed E-state index contributed by atoms with van der Waals surface area (Å²) in [4.78, 5) is 22.5. The highest BCUT2D eigenvalue weighted by Crippen LogP contribution is 2.31. The number of carbonyl (C=O) groups is 2. The zero-order valence-electron chi connectivity index (χ0n) is 10.2. The Morgan fingerprint density at radius 3 is 2.53 bits per heavy atom. The number of rotatable bonds is 6. The van der Waals surface area contributed by atoms with Crippen LogP contribution in [0.1, 0.15) is 32.6 Å². The highest BCUT2D eigenvalue weighted by molar-refractivity contribution is 5.80. The molecule has 1 amide bonds. The molecular formula is C12H21NO4. The molecule has 0 aromatic carbocycles. The Labute approximate surface area is 101 Å². The van der Waals surface area contributed by atoms with Gasteiger partial charge in [0, 0.05) is 19.1 Å². The first kappa shape index (κ1) is 14.0. The fourth-order valence-electron chi connectivity index (χ4n) is 2.19. The minimum atomic E-state index is -0.797. The Morgan fingerprint density at radius 2 is 2.00 bits per heavy atom. The summed E-state index contributed by atoms with van der Waals surface area (Å²) in [5.74, 6) is -1.11. The van der Waals surface area contributed by atoms with E-state index in [0.717, 1.165) is 0 Å². The largest absolute Gasteiger partial charge is 0.481 e. The lowest BCUT2D eigenvalue weighted by Crippen LogP contribution is -2.33. The Bertz CT molecular complexity index is 280. The van der Waals surface area contributed by atoms with Gasteiger partial charge in [0.05, 0.1) is 5.92 Å². The van der Waals surface area contributed by atoms with Crippen LogP contribution in [0.15, 0.2) is 0 Å². The molecule has 17 heavy (non-hydrogen) atoms. The molecule has 3 atom stereocenters. The zero-order valence-corrected chi connectivity index (χ0v) is 10.2. The molecule has 98 valence electrons. The lowest BCUT2D eigenvalue weighted by molar-refractivity contribution is -0.141. The lowest BCUT2D eigenvalue weighted by Gasteiger charge is -2.14. The van der Waals surface area contributed by atoms with Crippen molar-refractivity contribution in [3.05, 3.63) is 0 Å². The van der Waals surface area contributed by atoms with Crippen molar-refractivity contribution in [3.63, 3.8) is 0 Å². The summed E-state index contributed by atoms with van der Waals surface area (Å²) in [7, 11) is 0. The third-order valence-electron chi connectivity index (χ3n) is 3.40. The van der Waals surface area contributed by atoms with Gasteiger partial charge >= 0.3 is 5.97 Å². The number of hydrogen-bond donors (Lipinski definition) is 3. The molecule has 1 aliphatic carbocycles. The fourth-order valence-corrected chi connectivity index (χ4v) is 2.19. The monoisotopic (exact) mass is 243 g/mol. The smallest absolute Gasteiger partial charge is 0.306 e. The number of hydrogen-bond acceptors (Lipinski definition) is 3. The van der Waals surface area contributed by atoms with Crippen LogP contribution in [0, 0.1) is 17.8 Å². The molecule has 0 aromatic rings. The molecule has 0 aliphatic heterocycles. The number of aliphatic hydroxyl groups excluding tert-OH is 1. The van der Waals surface area contributed by atoms with Gasteiger partial charge in [-0.3, -0.25) is 9.59 Å². The van der Waals surface area contributed by atoms with Crippen molar-refractivity contribution in [1.82, 2.24) is 5.32 Å². The van der Waals surface area contributed by atoms with Gasteiger partial charge in [-0.2, -0.15) is 0 Å². The third kappa shape index (κ3) is 4.34. The minimum Gasteiger partial charge on any atom is -0.481 e. The van der Waals surface area contributed by atoms with E-state index in [4.69, 9.17) is 10.2 Å². The van der Waals surface area contributed by atoms with Crippen LogP contribution < -0.4 is 5.32 Å². The predicted octanol–water partition coefficient (Wildman–Crippen LogP) is 0.622. The molecule has 1 unspecified atom stereocenters. The van der Waals surface area contributed by atoms with Gasteiger partial charge in [-0.15, -0.1) is 0 Å². The quantitative estimate of drug-likeness (QED) is 0.638. The molecule has 1 fully saturated rings. The average Bonchev–Trinajstić information content (AvgIpc) is 2.75. The standard InChI is InChI=1S/C12H21NO4/c1-8(4-5-14)7-13-11(15)9-2-3-10(6-9)12(16)17/h8-10,14H,2-7H2,1H3,(H,13,15)(H,16,17)/t8?,9-,10+/m1/s1. The number of amides is 1. The normalized spacial score (nSPS) is 25.5. The van der Waals surface area contributed by atoms with Gasteiger partial charge in [0.25, 0.3) is 0 Å². The van der Waals surface area contributed by atoms with Crippen LogP contribution in [0.3, 0.4) is 0 Å². The lowest BCUT2D eigenvalue weighted by atomic mass is 10.0. The molecule has 5 nitrogen and oxygen atoms in total. The third-order valence-corrected chi connectivity index (χ3v) is 3.40. The van der Waals surface area contributed by atoms with Gasteiger partial charge in [-0.05, 0) is 31.6 Å². The fraction of sp³-hybridized carbons (Fsp3) is 0.833. The first-order valence-corrected chi connectivity index (χ1v) is 6.16. The number of aliphatic hydroxyl groups is 1. The summed E-state index contributed by atoms with van der Waals surface area (Å²) in [6.07, 6.45) is 2.38. The van der Waals surface area contributed by atoms with E-state index >= 15 is 0 Å². The number of carboxylic acid groups (broad SMARTS) is 1. The highest BCUT2D eigenvalue weighted by atomic mass is 16.4. The van der Waals surface area contributed by atoms with Crippen LogP contribution in [0.25, 0.3) is 0 Å². The second-order valence-corrected chi connectivity index (χ2v) is 4.91. The topological polar surface area (TPSA) is 86.6 Å². The molecule has 1 saturated carbocycles. The van der Waals surface area contributed by atoms with E-state index < -0.39 is 5.97 Å². The Kier molecular flexibility index (Phi) is 5.41. The van der Waals surface area contributed by atoms with Crippen LogP contribution >= 0.6 is 0 Å². The number of carboxylic acids is 1. The predicted molar refractivity (Wildman–Crippen MR) is 62.3 cm³/mol. The van der Waals surface area contributed by atoms with Gasteiger partial charge in [-0.1, -0.05) is 6.92 Å². The van der Waals surface area contributed by atoms with Crippen LogP contribution in [-0.2, 0) is 9.59 Å². The summed E-state index contributed by atoms with van der Waals surface area (Å²) in [6.45, 7) is 2.64. The van der Waals surface area contributed by atoms with Crippen molar-refractivity contribution in [3.8, 4) is 0 Å². The molecule has 3 N–H and O–H groups in total. The molecule has 0 aromatic heterocycles. The van der Waals surface area contributed by atoms with Gasteiger partial charge < -0.3 is 15.5 Å². The van der Waals surface area contributed by atoms with Crippen LogP contribution in [0.4, 0.5) is 0 Å². The highest BCUT2D eigenvalue weighted by Gasteiger charge is 2.33. The van der Waals surface area contributed by atoms with E-state index in [-0.39, 0.29) is 30.3 Å². The van der Waals surface area contributed by atoms with E-state index in [9.17, 15) is 9.59 Å². The Hall–Kier alpha value is -1.10. The van der Waals surface area contributed by atoms with Gasteiger partial charge in [0.2, 0.25) is 5.91 Å². The first-order chi connectivity index (χ1) is 8.04. The van der Waals surface area contributed by atoms with Crippen molar-refractivity contribution in [1.29, 1.82) is 0 Å². The van der Waals surface area contributed by atoms with Gasteiger partial charge in [0.15, 0.2) is 0 Å². The average molecular weight is 243 g/mol. The van der Waals surface area contributed by atoms with Crippen molar-refractivity contribution in [2.45, 2.75) is 32.6 Å². The molecule has 0 bridgehead atoms. The van der Waals surface area contributed by atoms with Gasteiger partial charge in [0.1, 0.15) is 0 Å². The maximum atomic E-state index is 11.8. The molecule has 1 aliphatic rings. The molecule has 0 radical (unpaired) electrons. The number of carbonyl (C=O) groups excluding carboxylic acids is 1. The molecule has 0 spiro atoms. The minimum absolute atomic E-state index is 0.0430. The molecule has 1 rings (SSSR count). The van der Waals surface area contributed by atoms with Gasteiger partial charge in [-0.25, -0.2) is 0 Å². The van der Waals surface area contributed by atoms with Crippen molar-refractivity contribution < 1.29 is 19.8 Å². The summed E-state index contributed by atoms with van der Waals surface area (Å²) < 4.78 is 0. The number of nitrogens with one attached hydrogen (secondary N) is 1. The van der Waals surface area contributed by atoms with E-state index in [0.29, 0.717) is 32.2 Å². The second kappa shape index (κ2) is 6.59.